The molecule has 1 N–H and O–H groups in total. The van der Waals surface area contributed by atoms with Crippen molar-refractivity contribution in [3.8, 4) is 17.2 Å². The Kier molecular flexibility index (Phi) is 7.33. The maximum atomic E-state index is 13.2. The van der Waals surface area contributed by atoms with Crippen LogP contribution in [-0.2, 0) is 20.4 Å². The summed E-state index contributed by atoms with van der Waals surface area (Å²) in [5, 5.41) is 2.83. The summed E-state index contributed by atoms with van der Waals surface area (Å²) in [5.74, 6) is 1.09. The molecule has 0 radical (unpaired) electrons. The molecule has 0 spiro atoms. The number of hydrogen-bond donors (Lipinski definition) is 1. The van der Waals surface area contributed by atoms with Crippen molar-refractivity contribution in [1.82, 2.24) is 0 Å². The van der Waals surface area contributed by atoms with Gasteiger partial charge in [-0.2, -0.15) is 0 Å². The lowest BCUT2D eigenvalue weighted by atomic mass is 10.1. The summed E-state index contributed by atoms with van der Waals surface area (Å²) < 4.78 is 42.7. The minimum atomic E-state index is -3.62. The number of anilines is 1. The molecule has 0 atom stereocenters. The van der Waals surface area contributed by atoms with Gasteiger partial charge in [0.1, 0.15) is 17.2 Å². The highest BCUT2D eigenvalue weighted by Crippen LogP contribution is 2.43. The van der Waals surface area contributed by atoms with Crippen molar-refractivity contribution >= 4 is 39.3 Å². The van der Waals surface area contributed by atoms with E-state index in [1.807, 2.05) is 32.0 Å². The van der Waals surface area contributed by atoms with Gasteiger partial charge >= 0.3 is 0 Å². The van der Waals surface area contributed by atoms with Crippen molar-refractivity contribution in [1.29, 1.82) is 0 Å². The minimum Gasteiger partial charge on any atom is -0.496 e. The Morgan fingerprint density at radius 3 is 2.14 bits per heavy atom. The van der Waals surface area contributed by atoms with E-state index in [2.05, 4.69) is 5.32 Å². The van der Waals surface area contributed by atoms with Gasteiger partial charge in [0.2, 0.25) is 0 Å². The molecule has 3 aromatic rings. The number of benzene rings is 3. The third kappa shape index (κ3) is 5.08. The Labute approximate surface area is 215 Å². The molecule has 0 bridgehead atoms. The van der Waals surface area contributed by atoms with E-state index in [0.29, 0.717) is 33.4 Å². The van der Waals surface area contributed by atoms with Crippen LogP contribution in [0.25, 0.3) is 6.08 Å². The van der Waals surface area contributed by atoms with Crippen molar-refractivity contribution in [2.75, 3.05) is 26.6 Å². The zero-order valence-corrected chi connectivity index (χ0v) is 22.3. The van der Waals surface area contributed by atoms with Crippen LogP contribution in [0.5, 0.6) is 17.2 Å². The summed E-state index contributed by atoms with van der Waals surface area (Å²) in [5.41, 5.74) is 3.70. The molecule has 0 saturated heterocycles. The molecule has 0 aromatic heterocycles. The van der Waals surface area contributed by atoms with E-state index in [0.717, 1.165) is 21.6 Å². The Morgan fingerprint density at radius 1 is 0.917 bits per heavy atom. The maximum absolute atomic E-state index is 13.2. The van der Waals surface area contributed by atoms with Gasteiger partial charge in [-0.15, -0.1) is 0 Å². The fraction of sp³-hybridized carbons (Fsp3) is 0.222. The van der Waals surface area contributed by atoms with Crippen molar-refractivity contribution in [2.24, 2.45) is 0 Å². The fourth-order valence-corrected chi connectivity index (χ4v) is 6.48. The van der Waals surface area contributed by atoms with Crippen LogP contribution in [-0.4, -0.2) is 35.7 Å². The first kappa shape index (κ1) is 25.7. The van der Waals surface area contributed by atoms with E-state index < -0.39 is 9.84 Å². The van der Waals surface area contributed by atoms with Crippen LogP contribution in [0.4, 0.5) is 5.69 Å². The number of aryl methyl sites for hydroxylation is 2. The molecule has 36 heavy (non-hydrogen) atoms. The molecule has 3 aromatic carbocycles. The predicted molar refractivity (Wildman–Crippen MR) is 142 cm³/mol. The lowest BCUT2D eigenvalue weighted by molar-refractivity contribution is -0.112. The molecule has 7 nitrogen and oxygen atoms in total. The van der Waals surface area contributed by atoms with Crippen LogP contribution in [0.2, 0.25) is 0 Å². The Balaban J connectivity index is 1.66. The first-order chi connectivity index (χ1) is 17.2. The summed E-state index contributed by atoms with van der Waals surface area (Å²) >= 11 is 1.25. The van der Waals surface area contributed by atoms with Gasteiger partial charge in [-0.25, -0.2) is 8.42 Å². The molecular weight excluding hydrogens is 498 g/mol. The lowest BCUT2D eigenvalue weighted by Gasteiger charge is -2.20. The molecule has 1 aliphatic rings. The van der Waals surface area contributed by atoms with Crippen molar-refractivity contribution < 1.29 is 27.4 Å². The number of methoxy groups -OCH3 is 3. The van der Waals surface area contributed by atoms with Crippen LogP contribution in [0.3, 0.4) is 0 Å². The van der Waals surface area contributed by atoms with Gasteiger partial charge in [-0.3, -0.25) is 4.79 Å². The molecule has 4 rings (SSSR count). The number of nitrogens with one attached hydrogen (secondary N) is 1. The molecule has 0 fully saturated rings. The highest BCUT2D eigenvalue weighted by molar-refractivity contribution is 8.04. The van der Waals surface area contributed by atoms with E-state index >= 15 is 0 Å². The van der Waals surface area contributed by atoms with Gasteiger partial charge in [0, 0.05) is 17.0 Å². The Bertz CT molecular complexity index is 1430. The van der Waals surface area contributed by atoms with Gasteiger partial charge in [0.05, 0.1) is 48.1 Å². The number of hydrogen-bond acceptors (Lipinski definition) is 7. The molecule has 0 saturated carbocycles. The molecule has 188 valence electrons. The summed E-state index contributed by atoms with van der Waals surface area (Å²) in [7, 11) is 0.985. The Hall–Kier alpha value is -3.43. The average molecular weight is 526 g/mol. The van der Waals surface area contributed by atoms with Crippen LogP contribution in [0, 0.1) is 13.8 Å². The third-order valence-electron chi connectivity index (χ3n) is 6.01. The van der Waals surface area contributed by atoms with Gasteiger partial charge in [0.25, 0.3) is 5.91 Å². The van der Waals surface area contributed by atoms with Gasteiger partial charge in [-0.05, 0) is 54.8 Å². The average Bonchev–Trinajstić information content (AvgIpc) is 2.86. The summed E-state index contributed by atoms with van der Waals surface area (Å²) in [4.78, 5) is 14.3. The van der Waals surface area contributed by atoms with Crippen molar-refractivity contribution in [3.63, 3.8) is 0 Å². The quantitative estimate of drug-likeness (QED) is 0.414. The van der Waals surface area contributed by atoms with E-state index in [4.69, 9.17) is 14.2 Å². The van der Waals surface area contributed by atoms with Gasteiger partial charge < -0.3 is 19.5 Å². The fourth-order valence-electron chi connectivity index (χ4n) is 3.99. The molecular formula is C27H27NO6S2. The molecule has 9 heteroatoms. The normalized spacial score (nSPS) is 14.2. The van der Waals surface area contributed by atoms with Crippen molar-refractivity contribution in [2.45, 2.75) is 29.4 Å². The first-order valence-electron chi connectivity index (χ1n) is 11.1. The van der Waals surface area contributed by atoms with Gasteiger partial charge in [0.15, 0.2) is 9.84 Å². The molecule has 1 heterocycles. The number of sulfone groups is 1. The second-order valence-electron chi connectivity index (χ2n) is 8.30. The summed E-state index contributed by atoms with van der Waals surface area (Å²) in [6.45, 7) is 3.81. The first-order valence-corrected chi connectivity index (χ1v) is 13.6. The lowest BCUT2D eigenvalue weighted by Crippen LogP contribution is -2.18. The zero-order valence-electron chi connectivity index (χ0n) is 20.7. The number of carbonyl (C=O) groups excluding carboxylic acids is 1. The number of rotatable bonds is 7. The largest absolute Gasteiger partial charge is 0.496 e. The van der Waals surface area contributed by atoms with E-state index in [1.54, 1.807) is 37.5 Å². The number of fused-ring (bicyclic) bond motifs is 1. The zero-order chi connectivity index (χ0) is 26.0. The second kappa shape index (κ2) is 10.3. The monoisotopic (exact) mass is 525 g/mol. The minimum absolute atomic E-state index is 0.104. The number of thioether (sulfide) groups is 1. The predicted octanol–water partition coefficient (Wildman–Crippen LogP) is 5.39. The van der Waals surface area contributed by atoms with E-state index in [-0.39, 0.29) is 16.6 Å². The molecule has 1 amide bonds. The highest BCUT2D eigenvalue weighted by atomic mass is 32.2. The van der Waals surface area contributed by atoms with Crippen LogP contribution in [0.15, 0.2) is 63.2 Å². The summed E-state index contributed by atoms with van der Waals surface area (Å²) in [6, 6.07) is 14.0. The SMILES string of the molecule is COc1cc(OC)c(/C=C2/Sc3ccc(S(=O)(=O)Cc4c(C)cccc4C)cc3NC2=O)c(OC)c1. The van der Waals surface area contributed by atoms with Crippen LogP contribution >= 0.6 is 11.8 Å². The molecule has 0 aliphatic carbocycles. The topological polar surface area (TPSA) is 90.9 Å². The van der Waals surface area contributed by atoms with Gasteiger partial charge in [-0.1, -0.05) is 30.0 Å². The number of ether oxygens (including phenoxy) is 3. The standard InChI is InChI=1S/C27H27NO6S2/c1-16-7-6-8-17(2)21(16)15-36(30,31)19-9-10-25-22(13-19)28-27(29)26(35-25)14-20-23(33-4)11-18(32-3)12-24(20)34-5/h6-14H,15H2,1-5H3,(H,28,29)/b26-14+. The maximum Gasteiger partial charge on any atom is 0.262 e. The molecule has 0 unspecified atom stereocenters. The second-order valence-corrected chi connectivity index (χ2v) is 11.4. The van der Waals surface area contributed by atoms with Crippen LogP contribution < -0.4 is 19.5 Å². The number of carbonyl (C=O) groups is 1. The highest BCUT2D eigenvalue weighted by Gasteiger charge is 2.26. The van der Waals surface area contributed by atoms with E-state index in [9.17, 15) is 13.2 Å². The number of amides is 1. The van der Waals surface area contributed by atoms with Crippen LogP contribution in [0.1, 0.15) is 22.3 Å². The summed E-state index contributed by atoms with van der Waals surface area (Å²) in [6.07, 6.45) is 1.69. The Morgan fingerprint density at radius 2 is 1.56 bits per heavy atom. The third-order valence-corrected chi connectivity index (χ3v) is 8.75. The molecule has 1 aliphatic heterocycles. The van der Waals surface area contributed by atoms with Crippen molar-refractivity contribution in [3.05, 3.63) is 75.7 Å². The smallest absolute Gasteiger partial charge is 0.262 e. The van der Waals surface area contributed by atoms with E-state index in [1.165, 1.54) is 32.0 Å².